The standard InChI is InChI=1S/C25H23N3OS/c29-25(22-17-26-18-23-21(22)11-16-30-23)28-14-12-27(13-15-28)24(19-7-3-1-4-8-19)20-9-5-2-6-10-20/h1-11,16-18,24H,12-15H2. The lowest BCUT2D eigenvalue weighted by Gasteiger charge is -2.39. The van der Waals surface area contributed by atoms with E-state index >= 15 is 0 Å². The molecule has 0 aliphatic carbocycles. The van der Waals surface area contributed by atoms with Gasteiger partial charge in [-0.25, -0.2) is 0 Å². The normalized spacial score (nSPS) is 15.0. The van der Waals surface area contributed by atoms with Crippen molar-refractivity contribution in [3.63, 3.8) is 0 Å². The number of aromatic nitrogens is 1. The highest BCUT2D eigenvalue weighted by atomic mass is 32.1. The third-order valence-corrected chi connectivity index (χ3v) is 6.66. The van der Waals surface area contributed by atoms with Crippen LogP contribution in [0.1, 0.15) is 27.5 Å². The SMILES string of the molecule is O=C(c1cncc2sccc12)N1CCN(C(c2ccccc2)c2ccccc2)CC1. The van der Waals surface area contributed by atoms with Gasteiger partial charge in [0, 0.05) is 44.0 Å². The lowest BCUT2D eigenvalue weighted by atomic mass is 9.96. The van der Waals surface area contributed by atoms with E-state index in [2.05, 4.69) is 70.5 Å². The van der Waals surface area contributed by atoms with E-state index in [1.807, 2.05) is 22.5 Å². The summed E-state index contributed by atoms with van der Waals surface area (Å²) >= 11 is 1.62. The van der Waals surface area contributed by atoms with Crippen molar-refractivity contribution in [1.82, 2.24) is 14.8 Å². The number of rotatable bonds is 4. The topological polar surface area (TPSA) is 36.4 Å². The van der Waals surface area contributed by atoms with Gasteiger partial charge in [-0.1, -0.05) is 60.7 Å². The molecule has 3 heterocycles. The molecule has 4 aromatic rings. The molecule has 2 aromatic heterocycles. The molecular weight excluding hydrogens is 390 g/mol. The molecule has 1 aliphatic rings. The van der Waals surface area contributed by atoms with Crippen LogP contribution >= 0.6 is 11.3 Å². The first kappa shape index (κ1) is 19.0. The van der Waals surface area contributed by atoms with Crippen molar-refractivity contribution in [2.45, 2.75) is 6.04 Å². The maximum atomic E-state index is 13.2. The highest BCUT2D eigenvalue weighted by molar-refractivity contribution is 7.17. The minimum absolute atomic E-state index is 0.0853. The molecule has 1 amide bonds. The number of amides is 1. The summed E-state index contributed by atoms with van der Waals surface area (Å²) in [4.78, 5) is 21.9. The van der Waals surface area contributed by atoms with Crippen LogP contribution in [0, 0.1) is 0 Å². The number of hydrogen-bond acceptors (Lipinski definition) is 4. The van der Waals surface area contributed by atoms with Crippen LogP contribution in [0.2, 0.25) is 0 Å². The van der Waals surface area contributed by atoms with Crippen LogP contribution in [0.25, 0.3) is 10.1 Å². The molecule has 5 heteroatoms. The van der Waals surface area contributed by atoms with Crippen LogP contribution in [-0.2, 0) is 0 Å². The number of carbonyl (C=O) groups excluding carboxylic acids is 1. The van der Waals surface area contributed by atoms with E-state index in [0.717, 1.165) is 36.3 Å². The van der Waals surface area contributed by atoms with Crippen molar-refractivity contribution in [1.29, 1.82) is 0 Å². The van der Waals surface area contributed by atoms with Crippen LogP contribution < -0.4 is 0 Å². The van der Waals surface area contributed by atoms with Gasteiger partial charge in [0.05, 0.1) is 16.3 Å². The third-order valence-electron chi connectivity index (χ3n) is 5.81. The third kappa shape index (κ3) is 3.62. The van der Waals surface area contributed by atoms with Crippen molar-refractivity contribution >= 4 is 27.3 Å². The molecule has 0 atom stereocenters. The van der Waals surface area contributed by atoms with Gasteiger partial charge in [0.25, 0.3) is 5.91 Å². The summed E-state index contributed by atoms with van der Waals surface area (Å²) in [6, 6.07) is 23.5. The van der Waals surface area contributed by atoms with Gasteiger partial charge < -0.3 is 4.90 Å². The fourth-order valence-electron chi connectivity index (χ4n) is 4.30. The monoisotopic (exact) mass is 413 g/mol. The molecule has 150 valence electrons. The quantitative estimate of drug-likeness (QED) is 0.480. The predicted molar refractivity (Wildman–Crippen MR) is 122 cm³/mol. The fourth-order valence-corrected chi connectivity index (χ4v) is 5.08. The number of benzene rings is 2. The van der Waals surface area contributed by atoms with Crippen molar-refractivity contribution in [3.05, 3.63) is 101 Å². The summed E-state index contributed by atoms with van der Waals surface area (Å²) in [6.45, 7) is 3.12. The Labute approximate surface area is 180 Å². The van der Waals surface area contributed by atoms with Gasteiger partial charge in [-0.2, -0.15) is 0 Å². The number of nitrogens with zero attached hydrogens (tertiary/aromatic N) is 3. The van der Waals surface area contributed by atoms with Crippen molar-refractivity contribution in [2.24, 2.45) is 0 Å². The van der Waals surface area contributed by atoms with Gasteiger partial charge in [-0.15, -0.1) is 11.3 Å². The minimum Gasteiger partial charge on any atom is -0.336 e. The van der Waals surface area contributed by atoms with E-state index in [9.17, 15) is 4.79 Å². The first-order valence-corrected chi connectivity index (χ1v) is 11.1. The molecule has 4 nitrogen and oxygen atoms in total. The molecule has 5 rings (SSSR count). The zero-order valence-corrected chi connectivity index (χ0v) is 17.5. The van der Waals surface area contributed by atoms with Gasteiger partial charge in [0.2, 0.25) is 0 Å². The van der Waals surface area contributed by atoms with Crippen LogP contribution in [-0.4, -0.2) is 46.9 Å². The van der Waals surface area contributed by atoms with Gasteiger partial charge in [0.15, 0.2) is 0 Å². The molecule has 1 aliphatic heterocycles. The maximum Gasteiger partial charge on any atom is 0.256 e. The average Bonchev–Trinajstić information content (AvgIpc) is 3.30. The molecule has 0 bridgehead atoms. The van der Waals surface area contributed by atoms with E-state index in [1.54, 1.807) is 17.5 Å². The largest absolute Gasteiger partial charge is 0.336 e. The number of pyridine rings is 1. The van der Waals surface area contributed by atoms with Gasteiger partial charge in [-0.05, 0) is 22.6 Å². The van der Waals surface area contributed by atoms with E-state index in [4.69, 9.17) is 0 Å². The molecule has 1 fully saturated rings. The summed E-state index contributed by atoms with van der Waals surface area (Å²) < 4.78 is 1.06. The van der Waals surface area contributed by atoms with E-state index < -0.39 is 0 Å². The molecule has 0 N–H and O–H groups in total. The lowest BCUT2D eigenvalue weighted by molar-refractivity contribution is 0.0599. The Morgan fingerprint density at radius 2 is 1.47 bits per heavy atom. The Hall–Kier alpha value is -3.02. The molecule has 2 aromatic carbocycles. The van der Waals surface area contributed by atoms with Crippen molar-refractivity contribution in [2.75, 3.05) is 26.2 Å². The molecular formula is C25H23N3OS. The first-order valence-electron chi connectivity index (χ1n) is 10.3. The number of thiophene rings is 1. The number of carbonyl (C=O) groups is 1. The Kier molecular flexibility index (Phi) is 5.30. The summed E-state index contributed by atoms with van der Waals surface area (Å²) in [5, 5.41) is 3.03. The number of hydrogen-bond donors (Lipinski definition) is 0. The lowest BCUT2D eigenvalue weighted by Crippen LogP contribution is -2.49. The summed E-state index contributed by atoms with van der Waals surface area (Å²) in [7, 11) is 0. The van der Waals surface area contributed by atoms with Crippen LogP contribution in [0.3, 0.4) is 0 Å². The van der Waals surface area contributed by atoms with Crippen LogP contribution in [0.15, 0.2) is 84.5 Å². The fraction of sp³-hybridized carbons (Fsp3) is 0.200. The zero-order valence-electron chi connectivity index (χ0n) is 16.6. The summed E-state index contributed by atoms with van der Waals surface area (Å²) in [6.07, 6.45) is 3.54. The van der Waals surface area contributed by atoms with Gasteiger partial charge in [-0.3, -0.25) is 14.7 Å². The highest BCUT2D eigenvalue weighted by Gasteiger charge is 2.29. The van der Waals surface area contributed by atoms with E-state index in [-0.39, 0.29) is 11.9 Å². The zero-order chi connectivity index (χ0) is 20.3. The Morgan fingerprint density at radius 1 is 0.833 bits per heavy atom. The second-order valence-corrected chi connectivity index (χ2v) is 8.52. The van der Waals surface area contributed by atoms with E-state index in [0.29, 0.717) is 5.56 Å². The van der Waals surface area contributed by atoms with Gasteiger partial charge >= 0.3 is 0 Å². The maximum absolute atomic E-state index is 13.2. The molecule has 0 spiro atoms. The van der Waals surface area contributed by atoms with Crippen molar-refractivity contribution < 1.29 is 4.79 Å². The Morgan fingerprint density at radius 3 is 2.10 bits per heavy atom. The minimum atomic E-state index is 0.0853. The van der Waals surface area contributed by atoms with E-state index in [1.165, 1.54) is 11.1 Å². The first-order chi connectivity index (χ1) is 14.8. The Bertz CT molecular complexity index is 1100. The van der Waals surface area contributed by atoms with Crippen LogP contribution in [0.5, 0.6) is 0 Å². The summed E-state index contributed by atoms with van der Waals surface area (Å²) in [5.74, 6) is 0.0853. The molecule has 0 saturated carbocycles. The molecule has 0 unspecified atom stereocenters. The van der Waals surface area contributed by atoms with Crippen LogP contribution in [0.4, 0.5) is 0 Å². The average molecular weight is 414 g/mol. The van der Waals surface area contributed by atoms with Crippen molar-refractivity contribution in [3.8, 4) is 0 Å². The number of piperazine rings is 1. The molecule has 30 heavy (non-hydrogen) atoms. The molecule has 1 saturated heterocycles. The smallest absolute Gasteiger partial charge is 0.256 e. The number of fused-ring (bicyclic) bond motifs is 1. The summed E-state index contributed by atoms with van der Waals surface area (Å²) in [5.41, 5.74) is 3.29. The predicted octanol–water partition coefficient (Wildman–Crippen LogP) is 4.84. The second kappa shape index (κ2) is 8.38. The second-order valence-electron chi connectivity index (χ2n) is 7.57. The van der Waals surface area contributed by atoms with Gasteiger partial charge in [0.1, 0.15) is 0 Å². The Balaban J connectivity index is 1.36. The highest BCUT2D eigenvalue weighted by Crippen LogP contribution is 2.30. The molecule has 0 radical (unpaired) electrons.